The molecule has 3 aromatic rings. The van der Waals surface area contributed by atoms with Gasteiger partial charge < -0.3 is 10.1 Å². The zero-order valence-corrected chi connectivity index (χ0v) is 12.8. The molecule has 1 fully saturated rings. The van der Waals surface area contributed by atoms with E-state index in [9.17, 15) is 4.39 Å². The van der Waals surface area contributed by atoms with Crippen LogP contribution in [0.15, 0.2) is 30.5 Å². The van der Waals surface area contributed by atoms with Gasteiger partial charge >= 0.3 is 0 Å². The number of pyridine rings is 1. The summed E-state index contributed by atoms with van der Waals surface area (Å²) >= 11 is 6.04. The van der Waals surface area contributed by atoms with Gasteiger partial charge in [0.25, 0.3) is 0 Å². The maximum absolute atomic E-state index is 13.3. The maximum Gasteiger partial charge on any atom is 0.127 e. The van der Waals surface area contributed by atoms with E-state index in [-0.39, 0.29) is 11.9 Å². The van der Waals surface area contributed by atoms with Crippen molar-refractivity contribution in [3.8, 4) is 0 Å². The van der Waals surface area contributed by atoms with E-state index < -0.39 is 0 Å². The number of anilines is 1. The third-order valence-corrected chi connectivity index (χ3v) is 4.00. The summed E-state index contributed by atoms with van der Waals surface area (Å²) < 4.78 is 20.3. The molecule has 23 heavy (non-hydrogen) atoms. The average Bonchev–Trinajstić information content (AvgIpc) is 2.92. The number of hydrogen-bond donors (Lipinski definition) is 1. The maximum atomic E-state index is 13.3. The van der Waals surface area contributed by atoms with Crippen molar-refractivity contribution in [3.05, 3.63) is 47.0 Å². The van der Waals surface area contributed by atoms with Crippen LogP contribution < -0.4 is 5.32 Å². The number of ether oxygens (including phenoxy) is 1. The first-order valence-corrected chi connectivity index (χ1v) is 7.55. The third-order valence-electron chi connectivity index (χ3n) is 3.71. The van der Waals surface area contributed by atoms with Crippen LogP contribution in [-0.4, -0.2) is 33.2 Å². The Bertz CT molecular complexity index is 864. The van der Waals surface area contributed by atoms with Gasteiger partial charge in [-0.2, -0.15) is 0 Å². The molecule has 1 saturated heterocycles. The number of nitrogens with one attached hydrogen (secondary N) is 1. The average molecular weight is 334 g/mol. The Kier molecular flexibility index (Phi) is 3.59. The number of rotatable bonds is 4. The smallest absolute Gasteiger partial charge is 0.127 e. The predicted octanol–water partition coefficient (Wildman–Crippen LogP) is 2.80. The van der Waals surface area contributed by atoms with Crippen molar-refractivity contribution in [1.29, 1.82) is 0 Å². The minimum Gasteiger partial charge on any atom is -0.377 e. The Balaban J connectivity index is 1.50. The molecule has 8 heteroatoms. The summed E-state index contributed by atoms with van der Waals surface area (Å²) in [6.45, 7) is 1.85. The van der Waals surface area contributed by atoms with Gasteiger partial charge in [-0.1, -0.05) is 16.8 Å². The molecule has 118 valence electrons. The lowest BCUT2D eigenvalue weighted by molar-refractivity contribution is -0.0293. The number of fused-ring (bicyclic) bond motifs is 1. The van der Waals surface area contributed by atoms with Crippen molar-refractivity contribution in [2.45, 2.75) is 12.6 Å². The highest BCUT2D eigenvalue weighted by atomic mass is 35.5. The van der Waals surface area contributed by atoms with E-state index in [2.05, 4.69) is 20.6 Å². The highest BCUT2D eigenvalue weighted by molar-refractivity contribution is 6.35. The fourth-order valence-electron chi connectivity index (χ4n) is 2.39. The fourth-order valence-corrected chi connectivity index (χ4v) is 2.64. The molecule has 1 aliphatic rings. The van der Waals surface area contributed by atoms with Crippen molar-refractivity contribution in [2.75, 3.05) is 18.5 Å². The standard InChI is InChI=1S/C15H13ClFN5O/c16-13-4-10(17)3-9-1-2-14(19-15(9)13)18-5-11-6-22(21-20-11)12-7-23-8-12/h1-4,6,12H,5,7-8H2,(H,18,19). The Hall–Kier alpha value is -2.25. The van der Waals surface area contributed by atoms with Crippen LogP contribution >= 0.6 is 11.6 Å². The first-order chi connectivity index (χ1) is 11.2. The SMILES string of the molecule is Fc1cc(Cl)c2nc(NCc3cn(C4COC4)nn3)ccc2c1. The van der Waals surface area contributed by atoms with E-state index >= 15 is 0 Å². The van der Waals surface area contributed by atoms with E-state index in [1.165, 1.54) is 12.1 Å². The summed E-state index contributed by atoms with van der Waals surface area (Å²) in [7, 11) is 0. The highest BCUT2D eigenvalue weighted by Gasteiger charge is 2.21. The summed E-state index contributed by atoms with van der Waals surface area (Å²) in [5.74, 6) is 0.272. The normalized spacial score (nSPS) is 14.9. The summed E-state index contributed by atoms with van der Waals surface area (Å²) in [4.78, 5) is 4.42. The minimum atomic E-state index is -0.374. The molecule has 4 rings (SSSR count). The molecule has 3 heterocycles. The molecule has 2 aromatic heterocycles. The molecular formula is C15H13ClFN5O. The van der Waals surface area contributed by atoms with Crippen molar-refractivity contribution in [1.82, 2.24) is 20.0 Å². The van der Waals surface area contributed by atoms with Gasteiger partial charge in [0.1, 0.15) is 23.4 Å². The van der Waals surface area contributed by atoms with Crippen LogP contribution in [0.3, 0.4) is 0 Å². The van der Waals surface area contributed by atoms with Crippen LogP contribution in [0.25, 0.3) is 10.9 Å². The minimum absolute atomic E-state index is 0.281. The van der Waals surface area contributed by atoms with Crippen molar-refractivity contribution >= 4 is 28.3 Å². The molecule has 1 N–H and O–H groups in total. The Morgan fingerprint density at radius 3 is 3.00 bits per heavy atom. The first kappa shape index (κ1) is 14.3. The van der Waals surface area contributed by atoms with Gasteiger partial charge in [-0.05, 0) is 24.3 Å². The van der Waals surface area contributed by atoms with E-state index in [1.807, 2.05) is 10.9 Å². The van der Waals surface area contributed by atoms with Crippen LogP contribution in [0, 0.1) is 5.82 Å². The van der Waals surface area contributed by atoms with Crippen LogP contribution in [0.2, 0.25) is 5.02 Å². The van der Waals surface area contributed by atoms with Gasteiger partial charge in [0, 0.05) is 5.39 Å². The van der Waals surface area contributed by atoms with Crippen molar-refractivity contribution in [2.24, 2.45) is 0 Å². The number of hydrogen-bond acceptors (Lipinski definition) is 5. The molecule has 0 unspecified atom stereocenters. The van der Waals surface area contributed by atoms with Crippen LogP contribution in [-0.2, 0) is 11.3 Å². The lowest BCUT2D eigenvalue weighted by Crippen LogP contribution is -2.30. The van der Waals surface area contributed by atoms with Crippen LogP contribution in [0.4, 0.5) is 10.2 Å². The van der Waals surface area contributed by atoms with Crippen molar-refractivity contribution < 1.29 is 9.13 Å². The highest BCUT2D eigenvalue weighted by Crippen LogP contribution is 2.25. The van der Waals surface area contributed by atoms with E-state index in [0.29, 0.717) is 41.5 Å². The first-order valence-electron chi connectivity index (χ1n) is 7.17. The third kappa shape index (κ3) is 2.85. The van der Waals surface area contributed by atoms with Crippen LogP contribution in [0.1, 0.15) is 11.7 Å². The van der Waals surface area contributed by atoms with Gasteiger partial charge in [0.2, 0.25) is 0 Å². The Morgan fingerprint density at radius 1 is 1.35 bits per heavy atom. The summed E-state index contributed by atoms with van der Waals surface area (Å²) in [5.41, 5.74) is 1.37. The zero-order chi connectivity index (χ0) is 15.8. The molecule has 6 nitrogen and oxygen atoms in total. The Morgan fingerprint density at radius 2 is 2.22 bits per heavy atom. The molecule has 0 atom stereocenters. The topological polar surface area (TPSA) is 64.9 Å². The molecule has 0 amide bonds. The molecular weight excluding hydrogens is 321 g/mol. The lowest BCUT2D eigenvalue weighted by atomic mass is 10.2. The van der Waals surface area contributed by atoms with E-state index in [4.69, 9.17) is 16.3 Å². The molecule has 0 spiro atoms. The monoisotopic (exact) mass is 333 g/mol. The Labute approximate surface area is 136 Å². The van der Waals surface area contributed by atoms with E-state index in [1.54, 1.807) is 12.1 Å². The molecule has 0 saturated carbocycles. The fraction of sp³-hybridized carbons (Fsp3) is 0.267. The van der Waals surface area contributed by atoms with Gasteiger partial charge in [-0.25, -0.2) is 14.1 Å². The lowest BCUT2D eigenvalue weighted by Gasteiger charge is -2.25. The van der Waals surface area contributed by atoms with Gasteiger partial charge in [-0.15, -0.1) is 5.10 Å². The molecule has 0 radical (unpaired) electrons. The quantitative estimate of drug-likeness (QED) is 0.795. The second kappa shape index (κ2) is 5.75. The van der Waals surface area contributed by atoms with E-state index in [0.717, 1.165) is 5.69 Å². The number of aromatic nitrogens is 4. The molecule has 1 aliphatic heterocycles. The summed E-state index contributed by atoms with van der Waals surface area (Å²) in [6.07, 6.45) is 1.89. The second-order valence-corrected chi connectivity index (χ2v) is 5.80. The second-order valence-electron chi connectivity index (χ2n) is 5.39. The van der Waals surface area contributed by atoms with Gasteiger partial charge in [0.15, 0.2) is 0 Å². The van der Waals surface area contributed by atoms with Crippen LogP contribution in [0.5, 0.6) is 0 Å². The summed E-state index contributed by atoms with van der Waals surface area (Å²) in [5, 5.41) is 12.3. The van der Waals surface area contributed by atoms with Gasteiger partial charge in [0.05, 0.1) is 36.5 Å². The molecule has 1 aromatic carbocycles. The largest absolute Gasteiger partial charge is 0.377 e. The molecule has 0 bridgehead atoms. The predicted molar refractivity (Wildman–Crippen MR) is 83.9 cm³/mol. The number of benzene rings is 1. The zero-order valence-electron chi connectivity index (χ0n) is 12.0. The summed E-state index contributed by atoms with van der Waals surface area (Å²) in [6, 6.07) is 6.51. The number of halogens is 2. The van der Waals surface area contributed by atoms with Crippen molar-refractivity contribution in [3.63, 3.8) is 0 Å². The number of nitrogens with zero attached hydrogens (tertiary/aromatic N) is 4. The molecule has 0 aliphatic carbocycles. The van der Waals surface area contributed by atoms with Gasteiger partial charge in [-0.3, -0.25) is 0 Å².